The summed E-state index contributed by atoms with van der Waals surface area (Å²) in [5.41, 5.74) is 3.41. The Hall–Kier alpha value is -3.20. The monoisotopic (exact) mass is 410 g/mol. The average Bonchev–Trinajstić information content (AvgIpc) is 2.83. The van der Waals surface area contributed by atoms with Crippen LogP contribution in [0.3, 0.4) is 0 Å². The van der Waals surface area contributed by atoms with Crippen LogP contribution in [0.4, 0.5) is 5.82 Å². The maximum Gasteiger partial charge on any atom is 0.252 e. The summed E-state index contributed by atoms with van der Waals surface area (Å²) < 4.78 is 0. The topological polar surface area (TPSA) is 33.2 Å². The van der Waals surface area contributed by atoms with Crippen LogP contribution in [0.15, 0.2) is 85.1 Å². The smallest absolute Gasteiger partial charge is 0.252 e. The summed E-state index contributed by atoms with van der Waals surface area (Å²) in [5, 5.41) is 0. The molecule has 4 rings (SSSR count). The van der Waals surface area contributed by atoms with E-state index in [4.69, 9.17) is 0 Å². The van der Waals surface area contributed by atoms with Gasteiger partial charge in [-0.3, -0.25) is 9.69 Å². The lowest BCUT2D eigenvalue weighted by Gasteiger charge is -2.41. The third-order valence-electron chi connectivity index (χ3n) is 6.32. The predicted molar refractivity (Wildman–Crippen MR) is 128 cm³/mol. The second-order valence-corrected chi connectivity index (χ2v) is 8.57. The third-order valence-corrected chi connectivity index (χ3v) is 6.32. The van der Waals surface area contributed by atoms with Crippen LogP contribution < -0.4 is 4.90 Å². The van der Waals surface area contributed by atoms with Gasteiger partial charge in [0.15, 0.2) is 0 Å². The van der Waals surface area contributed by atoms with E-state index in [-0.39, 0.29) is 11.3 Å². The standard InChI is InChI=1S/C28H30N2O/c1-23-17-20-29-26(21-23)30(27(31)16-15-24-11-5-2-6-12-24)22-28(18-9-4-10-19-28)25-13-7-3-8-14-25/h2-3,5-8,11-17,20-21H,4,9-10,18-19,22H2,1H3. The van der Waals surface area contributed by atoms with E-state index in [0.29, 0.717) is 6.54 Å². The fourth-order valence-corrected chi connectivity index (χ4v) is 4.62. The van der Waals surface area contributed by atoms with Gasteiger partial charge < -0.3 is 0 Å². The first-order valence-electron chi connectivity index (χ1n) is 11.2. The Balaban J connectivity index is 1.69. The SMILES string of the molecule is Cc1ccnc(N(CC2(c3ccccc3)CCCCC2)C(=O)C=Cc2ccccc2)c1. The number of aromatic nitrogens is 1. The normalized spacial score (nSPS) is 15.6. The highest BCUT2D eigenvalue weighted by Gasteiger charge is 2.37. The number of aryl methyl sites for hydroxylation is 1. The summed E-state index contributed by atoms with van der Waals surface area (Å²) >= 11 is 0. The maximum atomic E-state index is 13.5. The van der Waals surface area contributed by atoms with E-state index in [1.165, 1.54) is 24.8 Å². The molecule has 0 saturated heterocycles. The van der Waals surface area contributed by atoms with Crippen LogP contribution in [0.1, 0.15) is 48.8 Å². The van der Waals surface area contributed by atoms with E-state index in [0.717, 1.165) is 29.8 Å². The zero-order valence-corrected chi connectivity index (χ0v) is 18.2. The molecule has 31 heavy (non-hydrogen) atoms. The van der Waals surface area contributed by atoms with E-state index in [9.17, 15) is 4.79 Å². The lowest BCUT2D eigenvalue weighted by molar-refractivity contribution is -0.114. The molecule has 0 aliphatic heterocycles. The van der Waals surface area contributed by atoms with E-state index in [2.05, 4.69) is 35.3 Å². The Bertz CT molecular complexity index is 1020. The second kappa shape index (κ2) is 9.74. The third kappa shape index (κ3) is 5.11. The molecule has 1 amide bonds. The molecule has 158 valence electrons. The van der Waals surface area contributed by atoms with Crippen LogP contribution in [0, 0.1) is 6.92 Å². The Kier molecular flexibility index (Phi) is 6.61. The number of amides is 1. The highest BCUT2D eigenvalue weighted by molar-refractivity contribution is 6.03. The number of carbonyl (C=O) groups is 1. The molecular formula is C28H30N2O. The molecular weight excluding hydrogens is 380 g/mol. The Morgan fingerprint density at radius 2 is 1.65 bits per heavy atom. The number of rotatable bonds is 6. The highest BCUT2D eigenvalue weighted by atomic mass is 16.2. The molecule has 1 aliphatic carbocycles. The van der Waals surface area contributed by atoms with Crippen molar-refractivity contribution in [2.24, 2.45) is 0 Å². The first kappa shape index (κ1) is 21.0. The molecule has 1 aliphatic rings. The minimum Gasteiger partial charge on any atom is -0.292 e. The van der Waals surface area contributed by atoms with Crippen molar-refractivity contribution >= 4 is 17.8 Å². The molecule has 3 heteroatoms. The van der Waals surface area contributed by atoms with Crippen LogP contribution in [0.5, 0.6) is 0 Å². The molecule has 0 radical (unpaired) electrons. The minimum atomic E-state index is -0.0405. The van der Waals surface area contributed by atoms with Gasteiger partial charge >= 0.3 is 0 Å². The molecule has 1 saturated carbocycles. The van der Waals surface area contributed by atoms with Gasteiger partial charge in [-0.15, -0.1) is 0 Å². The fourth-order valence-electron chi connectivity index (χ4n) is 4.62. The molecule has 0 atom stereocenters. The number of benzene rings is 2. The molecule has 0 bridgehead atoms. The zero-order chi connectivity index (χ0) is 21.5. The largest absolute Gasteiger partial charge is 0.292 e. The summed E-state index contributed by atoms with van der Waals surface area (Å²) in [6.45, 7) is 2.69. The van der Waals surface area contributed by atoms with Crippen molar-refractivity contribution in [1.29, 1.82) is 0 Å². The Morgan fingerprint density at radius 1 is 0.968 bits per heavy atom. The van der Waals surface area contributed by atoms with Crippen molar-refractivity contribution in [2.45, 2.75) is 44.4 Å². The van der Waals surface area contributed by atoms with Crippen LogP contribution in [-0.2, 0) is 10.2 Å². The first-order valence-corrected chi connectivity index (χ1v) is 11.2. The molecule has 0 unspecified atom stereocenters. The maximum absolute atomic E-state index is 13.5. The predicted octanol–water partition coefficient (Wildman–Crippen LogP) is 6.34. The molecule has 0 spiro atoms. The van der Waals surface area contributed by atoms with Crippen LogP contribution in [-0.4, -0.2) is 17.4 Å². The molecule has 3 aromatic rings. The quantitative estimate of drug-likeness (QED) is 0.444. The second-order valence-electron chi connectivity index (χ2n) is 8.57. The summed E-state index contributed by atoms with van der Waals surface area (Å²) in [6, 6.07) is 24.7. The lowest BCUT2D eigenvalue weighted by atomic mass is 9.69. The van der Waals surface area contributed by atoms with Gasteiger partial charge in [0.05, 0.1) is 0 Å². The number of carbonyl (C=O) groups excluding carboxylic acids is 1. The van der Waals surface area contributed by atoms with E-state index in [1.807, 2.05) is 60.4 Å². The van der Waals surface area contributed by atoms with Gasteiger partial charge in [0.2, 0.25) is 0 Å². The number of pyridine rings is 1. The Labute approximate surface area is 185 Å². The molecule has 1 fully saturated rings. The van der Waals surface area contributed by atoms with Crippen molar-refractivity contribution < 1.29 is 4.79 Å². The van der Waals surface area contributed by atoms with Crippen LogP contribution in [0.2, 0.25) is 0 Å². The van der Waals surface area contributed by atoms with Gasteiger partial charge in [0.25, 0.3) is 5.91 Å². The van der Waals surface area contributed by atoms with Gasteiger partial charge in [0.1, 0.15) is 5.82 Å². The minimum absolute atomic E-state index is 0.0252. The number of nitrogens with zero attached hydrogens (tertiary/aromatic N) is 2. The molecule has 0 N–H and O–H groups in total. The van der Waals surface area contributed by atoms with Crippen molar-refractivity contribution in [3.63, 3.8) is 0 Å². The van der Waals surface area contributed by atoms with Gasteiger partial charge in [-0.25, -0.2) is 4.98 Å². The van der Waals surface area contributed by atoms with E-state index >= 15 is 0 Å². The first-order chi connectivity index (χ1) is 15.2. The van der Waals surface area contributed by atoms with Gasteiger partial charge in [-0.1, -0.05) is 79.9 Å². The van der Waals surface area contributed by atoms with Gasteiger partial charge in [-0.2, -0.15) is 0 Å². The van der Waals surface area contributed by atoms with E-state index in [1.54, 1.807) is 12.3 Å². The van der Waals surface area contributed by atoms with Crippen molar-refractivity contribution in [3.05, 3.63) is 102 Å². The zero-order valence-electron chi connectivity index (χ0n) is 18.2. The molecule has 3 nitrogen and oxygen atoms in total. The van der Waals surface area contributed by atoms with Gasteiger partial charge in [-0.05, 0) is 54.7 Å². The number of anilines is 1. The van der Waals surface area contributed by atoms with Crippen LogP contribution >= 0.6 is 0 Å². The Morgan fingerprint density at radius 3 is 2.32 bits per heavy atom. The average molecular weight is 411 g/mol. The lowest BCUT2D eigenvalue weighted by Crippen LogP contribution is -2.45. The van der Waals surface area contributed by atoms with Crippen molar-refractivity contribution in [2.75, 3.05) is 11.4 Å². The van der Waals surface area contributed by atoms with Crippen molar-refractivity contribution in [1.82, 2.24) is 4.98 Å². The molecule has 2 aromatic carbocycles. The summed E-state index contributed by atoms with van der Waals surface area (Å²) in [7, 11) is 0. The summed E-state index contributed by atoms with van der Waals surface area (Å²) in [6.07, 6.45) is 11.2. The molecule has 1 heterocycles. The molecule has 1 aromatic heterocycles. The van der Waals surface area contributed by atoms with Crippen LogP contribution in [0.25, 0.3) is 6.08 Å². The van der Waals surface area contributed by atoms with Crippen molar-refractivity contribution in [3.8, 4) is 0 Å². The summed E-state index contributed by atoms with van der Waals surface area (Å²) in [5.74, 6) is 0.700. The van der Waals surface area contributed by atoms with E-state index < -0.39 is 0 Å². The summed E-state index contributed by atoms with van der Waals surface area (Å²) in [4.78, 5) is 19.9. The number of hydrogen-bond acceptors (Lipinski definition) is 2. The number of hydrogen-bond donors (Lipinski definition) is 0. The van der Waals surface area contributed by atoms with Gasteiger partial charge in [0, 0.05) is 24.2 Å². The highest BCUT2D eigenvalue weighted by Crippen LogP contribution is 2.41. The fraction of sp³-hybridized carbons (Fsp3) is 0.286.